The van der Waals surface area contributed by atoms with Crippen LogP contribution in [0, 0.1) is 29.7 Å². The van der Waals surface area contributed by atoms with Crippen molar-refractivity contribution in [3.8, 4) is 22.3 Å². The molecule has 4 saturated carbocycles. The quantitative estimate of drug-likeness (QED) is 0.167. The number of hydrogen-bond acceptors (Lipinski definition) is 0. The van der Waals surface area contributed by atoms with Gasteiger partial charge < -0.3 is 24.8 Å². The van der Waals surface area contributed by atoms with Gasteiger partial charge in [0.15, 0.2) is 0 Å². The van der Waals surface area contributed by atoms with Crippen LogP contribution in [0.15, 0.2) is 109 Å². The van der Waals surface area contributed by atoms with Gasteiger partial charge in [0.25, 0.3) is 0 Å². The standard InChI is InChI=1S/C33H33.C10H14.C5H5.2ClH.Zr/c1-32(2,3)30-20-26-24(18-28(30)22-13-9-7-10-14-22)17-25-19-29(23-15-11-8-12-16-23)31(21-27(25)26)33(4,5)6;1-7-2-9-4-8(1)5-10(3-7)6-9;1-2-4-5-3-1;;;/h7-21H,1-6H3;7-10H,1-5H2;1-3H,4H2;2*1H;/q-1;;-1;;;+2/p-2. The van der Waals surface area contributed by atoms with E-state index in [-0.39, 0.29) is 35.6 Å². The van der Waals surface area contributed by atoms with Crippen LogP contribution >= 0.6 is 0 Å². The zero-order valence-electron chi connectivity index (χ0n) is 31.2. The van der Waals surface area contributed by atoms with Gasteiger partial charge in [0.05, 0.1) is 0 Å². The molecule has 4 bridgehead atoms. The SMILES string of the molecule is CC(C)(C)c1cc2c(cc1-c1ccccc1)[cH-]c1cc(-c3ccccc3)c(C(C)(C)C)cc12.[C-]1=CC=CC1.[Cl-].[Cl-].[Zr+2]=[C]1C2CC3CC(C2)CC1C3. The summed E-state index contributed by atoms with van der Waals surface area (Å²) in [5, 5.41) is 5.36. The zero-order valence-corrected chi connectivity index (χ0v) is 35.2. The Hall–Kier alpha value is -2.44. The number of hydrogen-bond donors (Lipinski definition) is 0. The van der Waals surface area contributed by atoms with Crippen LogP contribution in [0.2, 0.25) is 0 Å². The second kappa shape index (κ2) is 16.3. The van der Waals surface area contributed by atoms with Gasteiger partial charge in [0.1, 0.15) is 0 Å². The van der Waals surface area contributed by atoms with Crippen molar-refractivity contribution >= 4 is 24.8 Å². The second-order valence-corrected chi connectivity index (χ2v) is 18.5. The summed E-state index contributed by atoms with van der Waals surface area (Å²) in [7, 11) is 0. The van der Waals surface area contributed by atoms with E-state index in [4.69, 9.17) is 0 Å². The first-order chi connectivity index (χ1) is 23.5. The van der Waals surface area contributed by atoms with Crippen molar-refractivity contribution in [1.29, 1.82) is 0 Å². The first-order valence-corrected chi connectivity index (χ1v) is 19.8. The average Bonchev–Trinajstić information content (AvgIpc) is 3.78. The minimum absolute atomic E-state index is 0. The van der Waals surface area contributed by atoms with Crippen molar-refractivity contribution in [2.45, 2.75) is 90.9 Å². The summed E-state index contributed by atoms with van der Waals surface area (Å²) < 4.78 is 1.96. The van der Waals surface area contributed by atoms with Gasteiger partial charge in [0, 0.05) is 0 Å². The van der Waals surface area contributed by atoms with Gasteiger partial charge in [-0.1, -0.05) is 114 Å². The average molecular weight is 791 g/mol. The molecule has 5 aliphatic carbocycles. The Morgan fingerprint density at radius 2 is 1.04 bits per heavy atom. The summed E-state index contributed by atoms with van der Waals surface area (Å²) in [6.07, 6.45) is 17.9. The number of allylic oxidation sites excluding steroid dienone is 4. The molecule has 4 fully saturated rings. The van der Waals surface area contributed by atoms with Gasteiger partial charge in [-0.05, 0) is 44.2 Å². The Balaban J connectivity index is 0.000000228. The fourth-order valence-electron chi connectivity index (χ4n) is 9.09. The van der Waals surface area contributed by atoms with Crippen molar-refractivity contribution in [3.63, 3.8) is 0 Å². The van der Waals surface area contributed by atoms with Gasteiger partial charge >= 0.3 is 83.2 Å². The number of fused-ring (bicyclic) bond motifs is 3. The van der Waals surface area contributed by atoms with Crippen LogP contribution in [0.4, 0.5) is 0 Å². The van der Waals surface area contributed by atoms with E-state index in [9.17, 15) is 0 Å². The third-order valence-corrected chi connectivity index (χ3v) is 13.4. The van der Waals surface area contributed by atoms with E-state index in [1.54, 1.807) is 56.3 Å². The molecule has 0 aliphatic heterocycles. The van der Waals surface area contributed by atoms with Crippen LogP contribution in [0.3, 0.4) is 0 Å². The molecule has 0 saturated heterocycles. The van der Waals surface area contributed by atoms with Gasteiger partial charge in [-0.3, -0.25) is 6.08 Å². The summed E-state index contributed by atoms with van der Waals surface area (Å²) in [5.74, 6) is 4.51. The maximum atomic E-state index is 2.99. The summed E-state index contributed by atoms with van der Waals surface area (Å²) in [6.45, 7) is 13.9. The molecule has 0 N–H and O–H groups in total. The minimum atomic E-state index is 0. The number of benzene rings is 4. The van der Waals surface area contributed by atoms with Crippen molar-refractivity contribution in [2.24, 2.45) is 23.7 Å². The predicted octanol–water partition coefficient (Wildman–Crippen LogP) is 7.12. The van der Waals surface area contributed by atoms with Gasteiger partial charge in [-0.2, -0.15) is 6.08 Å². The Morgan fingerprint density at radius 1 is 0.608 bits per heavy atom. The van der Waals surface area contributed by atoms with Crippen molar-refractivity contribution in [3.05, 3.63) is 126 Å². The molecule has 0 unspecified atom stereocenters. The van der Waals surface area contributed by atoms with E-state index < -0.39 is 0 Å². The first kappa shape index (κ1) is 39.8. The van der Waals surface area contributed by atoms with Crippen LogP contribution in [0.5, 0.6) is 0 Å². The Bertz CT molecular complexity index is 1860. The van der Waals surface area contributed by atoms with E-state index in [0.29, 0.717) is 0 Å². The molecule has 10 rings (SSSR count). The molecule has 0 radical (unpaired) electrons. The van der Waals surface area contributed by atoms with Crippen LogP contribution < -0.4 is 24.8 Å². The topological polar surface area (TPSA) is 0 Å². The van der Waals surface area contributed by atoms with E-state index in [1.165, 1.54) is 54.9 Å². The molecule has 264 valence electrons. The monoisotopic (exact) mass is 788 g/mol. The molecule has 5 aliphatic rings. The Kier molecular flexibility index (Phi) is 12.7. The van der Waals surface area contributed by atoms with Gasteiger partial charge in [-0.15, -0.1) is 46.2 Å². The maximum absolute atomic E-state index is 2.99. The van der Waals surface area contributed by atoms with Crippen molar-refractivity contribution < 1.29 is 49.0 Å². The third kappa shape index (κ3) is 8.70. The molecular formula is C48H52Cl2Zr-2. The first-order valence-electron chi connectivity index (χ1n) is 18.6. The Labute approximate surface area is 334 Å². The summed E-state index contributed by atoms with van der Waals surface area (Å²) in [4.78, 5) is 0. The number of rotatable bonds is 2. The fourth-order valence-corrected chi connectivity index (χ4v) is 10.3. The van der Waals surface area contributed by atoms with Crippen LogP contribution in [0.25, 0.3) is 43.8 Å². The van der Waals surface area contributed by atoms with Crippen molar-refractivity contribution in [2.75, 3.05) is 0 Å². The summed E-state index contributed by atoms with van der Waals surface area (Å²) >= 11 is 1.76. The molecular weight excluding hydrogens is 739 g/mol. The van der Waals surface area contributed by atoms with Crippen LogP contribution in [-0.4, -0.2) is 3.21 Å². The van der Waals surface area contributed by atoms with Gasteiger partial charge in [-0.25, -0.2) is 12.2 Å². The van der Waals surface area contributed by atoms with E-state index in [2.05, 4.69) is 145 Å². The zero-order chi connectivity index (χ0) is 34.3. The molecule has 5 aromatic rings. The molecule has 51 heavy (non-hydrogen) atoms. The normalized spacial score (nSPS) is 21.5. The molecule has 0 aromatic heterocycles. The summed E-state index contributed by atoms with van der Waals surface area (Å²) in [5.41, 5.74) is 8.16. The van der Waals surface area contributed by atoms with E-state index in [0.717, 1.165) is 30.1 Å². The molecule has 3 heteroatoms. The number of halogens is 2. The van der Waals surface area contributed by atoms with E-state index in [1.807, 2.05) is 15.4 Å². The second-order valence-electron chi connectivity index (χ2n) is 17.1. The Morgan fingerprint density at radius 3 is 1.37 bits per heavy atom. The van der Waals surface area contributed by atoms with Crippen molar-refractivity contribution in [1.82, 2.24) is 0 Å². The molecule has 0 nitrogen and oxygen atoms in total. The molecule has 0 amide bonds. The molecule has 0 heterocycles. The van der Waals surface area contributed by atoms with E-state index >= 15 is 0 Å². The fraction of sp³-hybridized carbons (Fsp3) is 0.375. The third-order valence-electron chi connectivity index (χ3n) is 11.4. The summed E-state index contributed by atoms with van der Waals surface area (Å²) in [6, 6.07) is 33.7. The molecule has 5 aromatic carbocycles. The molecule has 0 atom stereocenters. The van der Waals surface area contributed by atoms with Crippen LogP contribution in [-0.2, 0) is 35.1 Å². The molecule has 0 spiro atoms. The predicted molar refractivity (Wildman–Crippen MR) is 209 cm³/mol. The van der Waals surface area contributed by atoms with Gasteiger partial charge in [0.2, 0.25) is 0 Å². The van der Waals surface area contributed by atoms with Crippen LogP contribution in [0.1, 0.15) is 91.2 Å².